The van der Waals surface area contributed by atoms with Gasteiger partial charge in [-0.25, -0.2) is 8.42 Å². The predicted octanol–water partition coefficient (Wildman–Crippen LogP) is -2.03. The van der Waals surface area contributed by atoms with Gasteiger partial charge < -0.3 is 20.1 Å². The number of nitrogens with zero attached hydrogens (tertiary/aromatic N) is 1. The molecule has 1 amide bonds. The second-order valence-electron chi connectivity index (χ2n) is 5.31. The minimum Gasteiger partial charge on any atom is -0.744 e. The van der Waals surface area contributed by atoms with Crippen molar-refractivity contribution in [3.8, 4) is 11.8 Å². The number of phenols is 1. The van der Waals surface area contributed by atoms with E-state index in [1.54, 1.807) is 6.07 Å². The largest absolute Gasteiger partial charge is 1.00 e. The van der Waals surface area contributed by atoms with Crippen molar-refractivity contribution in [2.24, 2.45) is 0 Å². The minimum atomic E-state index is -4.90. The topological polar surface area (TPSA) is 168 Å². The summed E-state index contributed by atoms with van der Waals surface area (Å²) in [5, 5.41) is 29.5. The van der Waals surface area contributed by atoms with Crippen LogP contribution in [-0.4, -0.2) is 41.6 Å². The number of rotatable bonds is 9. The predicted molar refractivity (Wildman–Crippen MR) is 88.8 cm³/mol. The van der Waals surface area contributed by atoms with Crippen LogP contribution in [0.1, 0.15) is 31.2 Å². The smallest absolute Gasteiger partial charge is 0.744 e. The van der Waals surface area contributed by atoms with Gasteiger partial charge in [0, 0.05) is 13.0 Å². The molecule has 0 spiro atoms. The van der Waals surface area contributed by atoms with Crippen molar-refractivity contribution in [3.05, 3.63) is 29.3 Å². The van der Waals surface area contributed by atoms with E-state index in [0.717, 1.165) is 18.2 Å². The van der Waals surface area contributed by atoms with Crippen LogP contribution in [0.5, 0.6) is 5.75 Å². The molecule has 11 heteroatoms. The van der Waals surface area contributed by atoms with E-state index < -0.39 is 32.6 Å². The Morgan fingerprint density at radius 3 is 2.48 bits per heavy atom. The van der Waals surface area contributed by atoms with Crippen molar-refractivity contribution in [2.75, 3.05) is 6.54 Å². The maximum Gasteiger partial charge on any atom is 1.00 e. The van der Waals surface area contributed by atoms with E-state index in [2.05, 4.69) is 5.32 Å². The van der Waals surface area contributed by atoms with Crippen LogP contribution >= 0.6 is 0 Å². The molecule has 0 radical (unpaired) electrons. The number of hydrogen-bond acceptors (Lipinski definition) is 7. The van der Waals surface area contributed by atoms with Crippen molar-refractivity contribution in [3.63, 3.8) is 0 Å². The minimum absolute atomic E-state index is 0. The van der Waals surface area contributed by atoms with Gasteiger partial charge in [-0.15, -0.1) is 0 Å². The number of unbranched alkanes of at least 4 members (excludes halogenated alkanes) is 2. The molecule has 1 aromatic carbocycles. The molecule has 0 atom stereocenters. The zero-order chi connectivity index (χ0) is 19.7. The Kier molecular flexibility index (Phi) is 10.9. The second kappa shape index (κ2) is 11.7. The number of carboxylic acids is 1. The third kappa shape index (κ3) is 9.03. The second-order valence-corrected chi connectivity index (χ2v) is 6.66. The molecular weight excluding hydrogens is 387 g/mol. The SMILES string of the molecule is N#CC(=Cc1ccc(O)c(S(=O)(=O)[O-])c1)C(=O)NCCCCCC(=O)O.[Na+]. The third-order valence-electron chi connectivity index (χ3n) is 3.28. The molecule has 0 aliphatic carbocycles. The Labute approximate surface area is 178 Å². The van der Waals surface area contributed by atoms with Crippen LogP contribution in [0.25, 0.3) is 6.08 Å². The van der Waals surface area contributed by atoms with Gasteiger partial charge in [0.2, 0.25) is 0 Å². The van der Waals surface area contributed by atoms with E-state index >= 15 is 0 Å². The van der Waals surface area contributed by atoms with Gasteiger partial charge in [-0.3, -0.25) is 9.59 Å². The summed E-state index contributed by atoms with van der Waals surface area (Å²) in [7, 11) is -4.90. The van der Waals surface area contributed by atoms with Crippen molar-refractivity contribution in [1.82, 2.24) is 5.32 Å². The van der Waals surface area contributed by atoms with Crippen molar-refractivity contribution < 1.29 is 62.3 Å². The zero-order valence-corrected chi connectivity index (χ0v) is 17.5. The summed E-state index contributed by atoms with van der Waals surface area (Å²) in [5.74, 6) is -2.30. The van der Waals surface area contributed by atoms with Crippen LogP contribution in [0.3, 0.4) is 0 Å². The van der Waals surface area contributed by atoms with Gasteiger partial charge in [-0.05, 0) is 36.6 Å². The van der Waals surface area contributed by atoms with Crippen molar-refractivity contribution >= 4 is 28.1 Å². The summed E-state index contributed by atoms with van der Waals surface area (Å²) in [4.78, 5) is 21.5. The summed E-state index contributed by atoms with van der Waals surface area (Å²) in [6, 6.07) is 4.77. The van der Waals surface area contributed by atoms with E-state index in [-0.39, 0.29) is 53.7 Å². The molecule has 1 aromatic rings. The first-order valence-electron chi connectivity index (χ1n) is 7.56. The maximum absolute atomic E-state index is 11.9. The number of nitrogens with one attached hydrogen (secondary N) is 1. The molecule has 3 N–H and O–H groups in total. The van der Waals surface area contributed by atoms with Crippen LogP contribution in [0.15, 0.2) is 28.7 Å². The number of nitriles is 1. The summed E-state index contributed by atoms with van der Waals surface area (Å²) >= 11 is 0. The van der Waals surface area contributed by atoms with Crippen LogP contribution in [0, 0.1) is 11.3 Å². The van der Waals surface area contributed by atoms with Crippen LogP contribution in [-0.2, 0) is 19.7 Å². The van der Waals surface area contributed by atoms with Gasteiger partial charge in [0.1, 0.15) is 27.5 Å². The molecule has 0 saturated heterocycles. The van der Waals surface area contributed by atoms with E-state index in [0.29, 0.717) is 19.3 Å². The summed E-state index contributed by atoms with van der Waals surface area (Å²) in [6.07, 6.45) is 2.75. The number of benzene rings is 1. The fourth-order valence-corrected chi connectivity index (χ4v) is 2.62. The van der Waals surface area contributed by atoms with Crippen molar-refractivity contribution in [2.45, 2.75) is 30.6 Å². The number of carbonyl (C=O) groups excluding carboxylic acids is 1. The van der Waals surface area contributed by atoms with E-state index in [9.17, 15) is 27.7 Å². The van der Waals surface area contributed by atoms with Crippen molar-refractivity contribution in [1.29, 1.82) is 5.26 Å². The molecule has 1 rings (SSSR count). The molecular formula is C16H17N2NaO7S. The molecule has 0 fully saturated rings. The van der Waals surface area contributed by atoms with Crippen LogP contribution < -0.4 is 34.9 Å². The fraction of sp³-hybridized carbons (Fsp3) is 0.312. The molecule has 9 nitrogen and oxygen atoms in total. The van der Waals surface area contributed by atoms with Crippen LogP contribution in [0.4, 0.5) is 0 Å². The molecule has 0 aromatic heterocycles. The standard InChI is InChI=1S/C16H18N2O7S.Na/c17-10-12(16(22)18-7-3-1-2-4-15(20)21)8-11-5-6-13(19)14(9-11)26(23,24)25;/h5-6,8-9,19H,1-4,7H2,(H,18,22)(H,20,21)(H,23,24,25);/q;+1/p-1. The molecule has 0 heterocycles. The average molecular weight is 404 g/mol. The Morgan fingerprint density at radius 1 is 1.26 bits per heavy atom. The van der Waals surface area contributed by atoms with E-state index in [4.69, 9.17) is 10.4 Å². The number of aliphatic carboxylic acids is 1. The average Bonchev–Trinajstić information content (AvgIpc) is 2.55. The van der Waals surface area contributed by atoms with E-state index in [1.165, 1.54) is 6.07 Å². The number of carboxylic acid groups (broad SMARTS) is 1. The molecule has 0 aliphatic heterocycles. The van der Waals surface area contributed by atoms with Gasteiger partial charge in [0.25, 0.3) is 5.91 Å². The van der Waals surface area contributed by atoms with Gasteiger partial charge >= 0.3 is 35.5 Å². The van der Waals surface area contributed by atoms with Crippen LogP contribution in [0.2, 0.25) is 0 Å². The van der Waals surface area contributed by atoms with Gasteiger partial charge in [-0.2, -0.15) is 5.26 Å². The first-order valence-corrected chi connectivity index (χ1v) is 8.96. The quantitative estimate of drug-likeness (QED) is 0.139. The Balaban J connectivity index is 0.00000676. The molecule has 0 saturated carbocycles. The molecule has 0 aliphatic rings. The zero-order valence-electron chi connectivity index (χ0n) is 14.6. The summed E-state index contributed by atoms with van der Waals surface area (Å²) in [5.41, 5.74) is -0.221. The summed E-state index contributed by atoms with van der Waals surface area (Å²) < 4.78 is 33.1. The molecule has 0 unspecified atom stereocenters. The van der Waals surface area contributed by atoms with Gasteiger partial charge in [0.15, 0.2) is 0 Å². The fourth-order valence-electron chi connectivity index (χ4n) is 2.01. The summed E-state index contributed by atoms with van der Waals surface area (Å²) in [6.45, 7) is 0.243. The molecule has 27 heavy (non-hydrogen) atoms. The number of carbonyl (C=O) groups is 2. The normalized spacial score (nSPS) is 11.2. The third-order valence-corrected chi connectivity index (χ3v) is 4.15. The Bertz CT molecular complexity index is 860. The number of amides is 1. The maximum atomic E-state index is 11.9. The molecule has 0 bridgehead atoms. The van der Waals surface area contributed by atoms with Gasteiger partial charge in [0.05, 0.1) is 4.90 Å². The Morgan fingerprint density at radius 2 is 1.93 bits per heavy atom. The molecule has 140 valence electrons. The van der Waals surface area contributed by atoms with Gasteiger partial charge in [-0.1, -0.05) is 12.5 Å². The number of hydrogen-bond donors (Lipinski definition) is 3. The monoisotopic (exact) mass is 404 g/mol. The number of phenolic OH excluding ortho intramolecular Hbond substituents is 1. The van der Waals surface area contributed by atoms with E-state index in [1.807, 2.05) is 0 Å². The first-order chi connectivity index (χ1) is 12.1. The number of aromatic hydroxyl groups is 1. The Hall–Kier alpha value is -1.90. The first kappa shape index (κ1) is 25.1.